The van der Waals surface area contributed by atoms with Crippen LogP contribution in [0.3, 0.4) is 0 Å². The maximum absolute atomic E-state index is 11.7. The normalized spacial score (nSPS) is 10.5. The van der Waals surface area contributed by atoms with Gasteiger partial charge in [0.15, 0.2) is 0 Å². The molecule has 1 N–H and O–H groups in total. The highest BCUT2D eigenvalue weighted by molar-refractivity contribution is 5.98. The molecule has 0 aliphatic rings. The van der Waals surface area contributed by atoms with E-state index in [1.165, 1.54) is 0 Å². The first-order valence-corrected chi connectivity index (χ1v) is 5.85. The number of carbonyl (C=O) groups excluding carboxylic acids is 1. The second-order valence-electron chi connectivity index (χ2n) is 3.91. The van der Waals surface area contributed by atoms with Crippen LogP contribution in [-0.2, 0) is 0 Å². The molecule has 1 amide bonds. The zero-order valence-electron chi connectivity index (χ0n) is 10.3. The van der Waals surface area contributed by atoms with E-state index in [1.54, 1.807) is 7.05 Å². The monoisotopic (exact) mass is 237 g/mol. The lowest BCUT2D eigenvalue weighted by atomic mass is 10.1. The predicted molar refractivity (Wildman–Crippen MR) is 75.2 cm³/mol. The summed E-state index contributed by atoms with van der Waals surface area (Å²) in [5.74, 6) is -0.0664. The minimum absolute atomic E-state index is 0.0664. The molecular weight excluding hydrogens is 222 g/mol. The van der Waals surface area contributed by atoms with Gasteiger partial charge in [0.2, 0.25) is 0 Å². The number of benzene rings is 2. The SMILES string of the molecule is CNC(=O)c1ccccc1/C=C/c1ccccc1. The third kappa shape index (κ3) is 2.86. The summed E-state index contributed by atoms with van der Waals surface area (Å²) >= 11 is 0. The van der Waals surface area contributed by atoms with Crippen molar-refractivity contribution in [1.82, 2.24) is 5.32 Å². The average molecular weight is 237 g/mol. The van der Waals surface area contributed by atoms with Gasteiger partial charge in [-0.2, -0.15) is 0 Å². The third-order valence-corrected chi connectivity index (χ3v) is 2.69. The van der Waals surface area contributed by atoms with Crippen molar-refractivity contribution >= 4 is 18.1 Å². The quantitative estimate of drug-likeness (QED) is 0.816. The summed E-state index contributed by atoms with van der Waals surface area (Å²) in [6, 6.07) is 17.6. The fourth-order valence-corrected chi connectivity index (χ4v) is 1.73. The molecule has 2 aromatic rings. The predicted octanol–water partition coefficient (Wildman–Crippen LogP) is 3.22. The van der Waals surface area contributed by atoms with Crippen LogP contribution in [0.5, 0.6) is 0 Å². The van der Waals surface area contributed by atoms with Gasteiger partial charge < -0.3 is 5.32 Å². The van der Waals surface area contributed by atoms with Gasteiger partial charge in [0.1, 0.15) is 0 Å². The fraction of sp³-hybridized carbons (Fsp3) is 0.0625. The van der Waals surface area contributed by atoms with E-state index < -0.39 is 0 Å². The molecular formula is C16H15NO. The van der Waals surface area contributed by atoms with Gasteiger partial charge in [0, 0.05) is 12.6 Å². The summed E-state index contributed by atoms with van der Waals surface area (Å²) in [6.45, 7) is 0. The Hall–Kier alpha value is -2.35. The van der Waals surface area contributed by atoms with Crippen LogP contribution in [0.15, 0.2) is 54.6 Å². The maximum atomic E-state index is 11.7. The van der Waals surface area contributed by atoms with E-state index in [9.17, 15) is 4.79 Å². The molecule has 2 nitrogen and oxygen atoms in total. The van der Waals surface area contributed by atoms with Gasteiger partial charge in [-0.15, -0.1) is 0 Å². The number of hydrogen-bond acceptors (Lipinski definition) is 1. The fourth-order valence-electron chi connectivity index (χ4n) is 1.73. The van der Waals surface area contributed by atoms with Crippen LogP contribution in [0.2, 0.25) is 0 Å². The molecule has 0 atom stereocenters. The van der Waals surface area contributed by atoms with Crippen LogP contribution in [0.1, 0.15) is 21.5 Å². The summed E-state index contributed by atoms with van der Waals surface area (Å²) in [4.78, 5) is 11.7. The Balaban J connectivity index is 2.29. The smallest absolute Gasteiger partial charge is 0.251 e. The van der Waals surface area contributed by atoms with Crippen molar-refractivity contribution in [2.75, 3.05) is 7.05 Å². The van der Waals surface area contributed by atoms with E-state index in [-0.39, 0.29) is 5.91 Å². The Morgan fingerprint density at radius 3 is 2.33 bits per heavy atom. The van der Waals surface area contributed by atoms with Gasteiger partial charge in [-0.25, -0.2) is 0 Å². The molecule has 0 bridgehead atoms. The molecule has 18 heavy (non-hydrogen) atoms. The number of carbonyl (C=O) groups is 1. The largest absolute Gasteiger partial charge is 0.355 e. The third-order valence-electron chi connectivity index (χ3n) is 2.69. The first-order valence-electron chi connectivity index (χ1n) is 5.85. The van der Waals surface area contributed by atoms with E-state index in [0.29, 0.717) is 5.56 Å². The topological polar surface area (TPSA) is 29.1 Å². The van der Waals surface area contributed by atoms with E-state index in [1.807, 2.05) is 66.7 Å². The molecule has 90 valence electrons. The molecule has 0 heterocycles. The van der Waals surface area contributed by atoms with Gasteiger partial charge in [-0.1, -0.05) is 60.7 Å². The highest BCUT2D eigenvalue weighted by atomic mass is 16.1. The minimum Gasteiger partial charge on any atom is -0.355 e. The van der Waals surface area contributed by atoms with Crippen LogP contribution in [0.25, 0.3) is 12.2 Å². The van der Waals surface area contributed by atoms with Gasteiger partial charge in [0.05, 0.1) is 0 Å². The highest BCUT2D eigenvalue weighted by Gasteiger charge is 2.05. The summed E-state index contributed by atoms with van der Waals surface area (Å²) in [6.07, 6.45) is 3.96. The second kappa shape index (κ2) is 5.82. The Morgan fingerprint density at radius 2 is 1.61 bits per heavy atom. The average Bonchev–Trinajstić information content (AvgIpc) is 2.45. The number of nitrogens with one attached hydrogen (secondary N) is 1. The van der Waals surface area contributed by atoms with Crippen molar-refractivity contribution in [3.8, 4) is 0 Å². The molecule has 0 spiro atoms. The lowest BCUT2D eigenvalue weighted by molar-refractivity contribution is 0.0963. The standard InChI is InChI=1S/C16H15NO/c1-17-16(18)15-10-6-5-9-14(15)12-11-13-7-3-2-4-8-13/h2-12H,1H3,(H,17,18)/b12-11+. The Kier molecular flexibility index (Phi) is 3.92. The van der Waals surface area contributed by atoms with E-state index >= 15 is 0 Å². The molecule has 0 aliphatic carbocycles. The molecule has 2 rings (SSSR count). The number of hydrogen-bond donors (Lipinski definition) is 1. The molecule has 2 aromatic carbocycles. The van der Waals surface area contributed by atoms with Gasteiger partial charge in [0.25, 0.3) is 5.91 Å². The van der Waals surface area contributed by atoms with Crippen LogP contribution >= 0.6 is 0 Å². The van der Waals surface area contributed by atoms with E-state index in [0.717, 1.165) is 11.1 Å². The van der Waals surface area contributed by atoms with E-state index in [2.05, 4.69) is 5.32 Å². The van der Waals surface area contributed by atoms with Crippen molar-refractivity contribution < 1.29 is 4.79 Å². The first-order chi connectivity index (χ1) is 8.81. The molecule has 0 saturated carbocycles. The molecule has 0 saturated heterocycles. The van der Waals surface area contributed by atoms with Crippen LogP contribution in [0.4, 0.5) is 0 Å². The molecule has 2 heteroatoms. The highest BCUT2D eigenvalue weighted by Crippen LogP contribution is 2.13. The molecule has 0 aromatic heterocycles. The van der Waals surface area contributed by atoms with Gasteiger partial charge in [-0.05, 0) is 17.2 Å². The molecule has 0 unspecified atom stereocenters. The van der Waals surface area contributed by atoms with E-state index in [4.69, 9.17) is 0 Å². The first kappa shape index (κ1) is 12.1. The number of rotatable bonds is 3. The van der Waals surface area contributed by atoms with Crippen molar-refractivity contribution in [2.45, 2.75) is 0 Å². The summed E-state index contributed by atoms with van der Waals surface area (Å²) < 4.78 is 0. The zero-order valence-corrected chi connectivity index (χ0v) is 10.3. The summed E-state index contributed by atoms with van der Waals surface area (Å²) in [5, 5.41) is 2.65. The zero-order chi connectivity index (χ0) is 12.8. The Labute approximate surface area is 107 Å². The van der Waals surface area contributed by atoms with Crippen molar-refractivity contribution in [2.24, 2.45) is 0 Å². The van der Waals surface area contributed by atoms with Crippen molar-refractivity contribution in [3.63, 3.8) is 0 Å². The maximum Gasteiger partial charge on any atom is 0.251 e. The Bertz CT molecular complexity index is 558. The second-order valence-corrected chi connectivity index (χ2v) is 3.91. The lowest BCUT2D eigenvalue weighted by Gasteiger charge is -2.03. The van der Waals surface area contributed by atoms with Crippen molar-refractivity contribution in [1.29, 1.82) is 0 Å². The Morgan fingerprint density at radius 1 is 0.944 bits per heavy atom. The minimum atomic E-state index is -0.0664. The molecule has 0 aliphatic heterocycles. The molecule has 0 radical (unpaired) electrons. The summed E-state index contributed by atoms with van der Waals surface area (Å²) in [5.41, 5.74) is 2.72. The lowest BCUT2D eigenvalue weighted by Crippen LogP contribution is -2.18. The van der Waals surface area contributed by atoms with Gasteiger partial charge in [-0.3, -0.25) is 4.79 Å². The van der Waals surface area contributed by atoms with Crippen molar-refractivity contribution in [3.05, 3.63) is 71.3 Å². The van der Waals surface area contributed by atoms with Crippen LogP contribution in [-0.4, -0.2) is 13.0 Å². The summed E-state index contributed by atoms with van der Waals surface area (Å²) in [7, 11) is 1.64. The van der Waals surface area contributed by atoms with Gasteiger partial charge >= 0.3 is 0 Å². The molecule has 0 fully saturated rings. The van der Waals surface area contributed by atoms with Crippen LogP contribution < -0.4 is 5.32 Å². The number of amides is 1. The van der Waals surface area contributed by atoms with Crippen LogP contribution in [0, 0.1) is 0 Å².